The molecule has 28 heavy (non-hydrogen) atoms. The smallest absolute Gasteiger partial charge is 0.331 e. The summed E-state index contributed by atoms with van der Waals surface area (Å²) in [5.41, 5.74) is 0.847. The SMILES string of the molecule is C[C@H](N=C1NS(=O)(=O)c2ccccc21)C(=O)OCC(=O)Nc1cccc(Cl)c1. The van der Waals surface area contributed by atoms with Gasteiger partial charge in [-0.05, 0) is 37.3 Å². The molecule has 0 fully saturated rings. The summed E-state index contributed by atoms with van der Waals surface area (Å²) >= 11 is 5.83. The summed E-state index contributed by atoms with van der Waals surface area (Å²) in [5.74, 6) is -1.25. The van der Waals surface area contributed by atoms with Crippen molar-refractivity contribution in [3.05, 3.63) is 59.1 Å². The van der Waals surface area contributed by atoms with Gasteiger partial charge in [0.15, 0.2) is 6.61 Å². The third-order valence-electron chi connectivity index (χ3n) is 3.78. The highest BCUT2D eigenvalue weighted by Crippen LogP contribution is 2.22. The van der Waals surface area contributed by atoms with Crippen LogP contribution in [0.4, 0.5) is 5.69 Å². The highest BCUT2D eigenvalue weighted by molar-refractivity contribution is 7.90. The van der Waals surface area contributed by atoms with Crippen LogP contribution in [0.25, 0.3) is 0 Å². The van der Waals surface area contributed by atoms with Gasteiger partial charge in [-0.25, -0.2) is 13.2 Å². The first-order valence-corrected chi connectivity index (χ1v) is 10.0. The molecule has 1 aliphatic rings. The normalized spacial score (nSPS) is 16.7. The van der Waals surface area contributed by atoms with E-state index >= 15 is 0 Å². The second kappa shape index (κ2) is 7.99. The lowest BCUT2D eigenvalue weighted by Crippen LogP contribution is -2.28. The Morgan fingerprint density at radius 1 is 1.21 bits per heavy atom. The van der Waals surface area contributed by atoms with E-state index in [1.807, 2.05) is 0 Å². The van der Waals surface area contributed by atoms with Gasteiger partial charge in [0.05, 0.1) is 4.90 Å². The maximum absolute atomic E-state index is 12.1. The molecule has 8 nitrogen and oxygen atoms in total. The van der Waals surface area contributed by atoms with Crippen LogP contribution in [-0.4, -0.2) is 38.8 Å². The van der Waals surface area contributed by atoms with Crippen molar-refractivity contribution in [2.24, 2.45) is 4.99 Å². The number of carbonyl (C=O) groups is 2. The van der Waals surface area contributed by atoms with Crippen LogP contribution in [0, 0.1) is 0 Å². The van der Waals surface area contributed by atoms with Gasteiger partial charge in [-0.2, -0.15) is 0 Å². The summed E-state index contributed by atoms with van der Waals surface area (Å²) in [4.78, 5) is 28.2. The minimum absolute atomic E-state index is 0.0587. The van der Waals surface area contributed by atoms with Gasteiger partial charge in [0.25, 0.3) is 15.9 Å². The number of carbonyl (C=O) groups excluding carboxylic acids is 2. The highest BCUT2D eigenvalue weighted by Gasteiger charge is 2.31. The van der Waals surface area contributed by atoms with E-state index < -0.39 is 34.5 Å². The highest BCUT2D eigenvalue weighted by atomic mass is 35.5. The molecule has 3 rings (SSSR count). The van der Waals surface area contributed by atoms with E-state index in [4.69, 9.17) is 16.3 Å². The van der Waals surface area contributed by atoms with Gasteiger partial charge < -0.3 is 10.1 Å². The Morgan fingerprint density at radius 3 is 2.71 bits per heavy atom. The number of sulfonamides is 1. The van der Waals surface area contributed by atoms with Crippen molar-refractivity contribution in [1.82, 2.24) is 4.72 Å². The predicted molar refractivity (Wildman–Crippen MR) is 104 cm³/mol. The lowest BCUT2D eigenvalue weighted by atomic mass is 10.2. The average Bonchev–Trinajstić information content (AvgIpc) is 2.90. The molecule has 0 saturated carbocycles. The maximum Gasteiger partial charge on any atom is 0.331 e. The minimum Gasteiger partial charge on any atom is -0.454 e. The first kappa shape index (κ1) is 19.8. The molecule has 1 atom stereocenters. The van der Waals surface area contributed by atoms with Crippen LogP contribution in [0.3, 0.4) is 0 Å². The number of esters is 1. The van der Waals surface area contributed by atoms with Crippen LogP contribution in [0.2, 0.25) is 5.02 Å². The van der Waals surface area contributed by atoms with E-state index in [0.29, 0.717) is 16.3 Å². The summed E-state index contributed by atoms with van der Waals surface area (Å²) in [6.07, 6.45) is 0. The largest absolute Gasteiger partial charge is 0.454 e. The molecule has 0 radical (unpaired) electrons. The molecule has 0 aliphatic carbocycles. The summed E-state index contributed by atoms with van der Waals surface area (Å²) < 4.78 is 31.4. The van der Waals surface area contributed by atoms with Gasteiger partial charge >= 0.3 is 5.97 Å². The van der Waals surface area contributed by atoms with Crippen LogP contribution in [0.5, 0.6) is 0 Å². The molecule has 0 spiro atoms. The van der Waals surface area contributed by atoms with Crippen LogP contribution >= 0.6 is 11.6 Å². The number of halogens is 1. The number of aliphatic imine (C=N–C) groups is 1. The fourth-order valence-electron chi connectivity index (χ4n) is 2.50. The Hall–Kier alpha value is -2.91. The van der Waals surface area contributed by atoms with Crippen LogP contribution in [-0.2, 0) is 24.3 Å². The molecule has 0 unspecified atom stereocenters. The third kappa shape index (κ3) is 4.49. The molecule has 1 aliphatic heterocycles. The number of amidine groups is 1. The molecule has 2 aromatic carbocycles. The third-order valence-corrected chi connectivity index (χ3v) is 5.41. The van der Waals surface area contributed by atoms with E-state index in [-0.39, 0.29) is 10.7 Å². The van der Waals surface area contributed by atoms with Crippen molar-refractivity contribution in [2.75, 3.05) is 11.9 Å². The molecule has 2 N–H and O–H groups in total. The van der Waals surface area contributed by atoms with Crippen molar-refractivity contribution in [3.63, 3.8) is 0 Å². The molecule has 10 heteroatoms. The predicted octanol–water partition coefficient (Wildman–Crippen LogP) is 1.95. The molecule has 1 heterocycles. The van der Waals surface area contributed by atoms with Crippen molar-refractivity contribution >= 4 is 45.0 Å². The first-order valence-electron chi connectivity index (χ1n) is 8.18. The number of hydrogen-bond donors (Lipinski definition) is 2. The monoisotopic (exact) mass is 421 g/mol. The van der Waals surface area contributed by atoms with Crippen LogP contribution < -0.4 is 10.0 Å². The zero-order valence-corrected chi connectivity index (χ0v) is 16.3. The van der Waals surface area contributed by atoms with Crippen LogP contribution in [0.15, 0.2) is 58.4 Å². The van der Waals surface area contributed by atoms with Gasteiger partial charge in [0.1, 0.15) is 11.9 Å². The van der Waals surface area contributed by atoms with Gasteiger partial charge in [-0.1, -0.05) is 29.8 Å². The number of nitrogens with one attached hydrogen (secondary N) is 2. The number of fused-ring (bicyclic) bond motifs is 1. The Bertz CT molecular complexity index is 1070. The second-order valence-electron chi connectivity index (χ2n) is 5.92. The van der Waals surface area contributed by atoms with E-state index in [9.17, 15) is 18.0 Å². The first-order chi connectivity index (χ1) is 13.3. The molecule has 0 aromatic heterocycles. The van der Waals surface area contributed by atoms with Crippen molar-refractivity contribution < 1.29 is 22.7 Å². The second-order valence-corrected chi connectivity index (χ2v) is 8.01. The fraction of sp³-hybridized carbons (Fsp3) is 0.167. The van der Waals surface area contributed by atoms with Crippen molar-refractivity contribution in [3.8, 4) is 0 Å². The Kier molecular flexibility index (Phi) is 5.66. The average molecular weight is 422 g/mol. The van der Waals surface area contributed by atoms with Crippen molar-refractivity contribution in [2.45, 2.75) is 17.9 Å². The fourth-order valence-corrected chi connectivity index (χ4v) is 3.93. The molecular weight excluding hydrogens is 406 g/mol. The molecule has 1 amide bonds. The molecule has 146 valence electrons. The molecule has 0 bridgehead atoms. The van der Waals surface area contributed by atoms with Crippen LogP contribution in [0.1, 0.15) is 12.5 Å². The van der Waals surface area contributed by atoms with Gasteiger partial charge in [0, 0.05) is 16.3 Å². The number of ether oxygens (including phenoxy) is 1. The number of hydrogen-bond acceptors (Lipinski definition) is 6. The van der Waals surface area contributed by atoms with Crippen molar-refractivity contribution in [1.29, 1.82) is 0 Å². The van der Waals surface area contributed by atoms with E-state index in [0.717, 1.165) is 0 Å². The quantitative estimate of drug-likeness (QED) is 0.716. The van der Waals surface area contributed by atoms with Gasteiger partial charge in [0.2, 0.25) is 0 Å². The number of rotatable bonds is 5. The summed E-state index contributed by atoms with van der Waals surface area (Å²) in [7, 11) is -3.70. The number of nitrogens with zero attached hydrogens (tertiary/aromatic N) is 1. The van der Waals surface area contributed by atoms with Gasteiger partial charge in [-0.15, -0.1) is 0 Å². The lowest BCUT2D eigenvalue weighted by molar-refractivity contribution is -0.148. The zero-order valence-electron chi connectivity index (χ0n) is 14.7. The standard InChI is InChI=1S/C18H16ClN3O5S/c1-11(20-17-14-7-2-3-8-15(14)28(25,26)22-17)18(24)27-10-16(23)21-13-6-4-5-12(19)9-13/h2-9,11H,10H2,1H3,(H,20,22)(H,21,23)/t11-/m0/s1. The summed E-state index contributed by atoms with van der Waals surface area (Å²) in [6, 6.07) is 11.8. The maximum atomic E-state index is 12.1. The van der Waals surface area contributed by atoms with E-state index in [1.165, 1.54) is 13.0 Å². The Balaban J connectivity index is 1.61. The zero-order chi connectivity index (χ0) is 20.3. The topological polar surface area (TPSA) is 114 Å². The van der Waals surface area contributed by atoms with E-state index in [1.54, 1.807) is 42.5 Å². The molecule has 2 aromatic rings. The number of anilines is 1. The number of benzene rings is 2. The minimum atomic E-state index is -3.70. The Labute approximate surface area is 166 Å². The molecular formula is C18H16ClN3O5S. The Morgan fingerprint density at radius 2 is 1.96 bits per heavy atom. The van der Waals surface area contributed by atoms with E-state index in [2.05, 4.69) is 15.0 Å². The lowest BCUT2D eigenvalue weighted by Gasteiger charge is -2.10. The summed E-state index contributed by atoms with van der Waals surface area (Å²) in [6.45, 7) is 0.933. The summed E-state index contributed by atoms with van der Waals surface area (Å²) in [5, 5.41) is 3.00. The van der Waals surface area contributed by atoms with Gasteiger partial charge in [-0.3, -0.25) is 14.5 Å². The molecule has 0 saturated heterocycles. The number of amides is 1.